The Balaban J connectivity index is 1.95. The molecular weight excluding hydrogens is 261 g/mol. The molecule has 1 aromatic carbocycles. The maximum Gasteiger partial charge on any atom is 0.414 e. The predicted molar refractivity (Wildman–Crippen MR) is 69.6 cm³/mol. The SMILES string of the molecule is N#CC1(c2ccc(N3C(=O)OCC3CN)cc2F)CC1. The minimum Gasteiger partial charge on any atom is -0.447 e. The molecule has 1 heterocycles. The second kappa shape index (κ2) is 4.46. The van der Waals surface area contributed by atoms with E-state index in [4.69, 9.17) is 15.7 Å². The monoisotopic (exact) mass is 275 g/mol. The highest BCUT2D eigenvalue weighted by Gasteiger charge is 2.47. The van der Waals surface area contributed by atoms with Crippen LogP contribution in [0.25, 0.3) is 0 Å². The lowest BCUT2D eigenvalue weighted by Crippen LogP contribution is -2.39. The van der Waals surface area contributed by atoms with Crippen LogP contribution in [-0.4, -0.2) is 25.3 Å². The molecule has 1 saturated carbocycles. The molecule has 104 valence electrons. The van der Waals surface area contributed by atoms with Gasteiger partial charge in [0, 0.05) is 12.1 Å². The Hall–Kier alpha value is -2.13. The van der Waals surface area contributed by atoms with Crippen molar-refractivity contribution in [3.8, 4) is 6.07 Å². The number of halogens is 1. The molecule has 0 aromatic heterocycles. The van der Waals surface area contributed by atoms with Gasteiger partial charge in [-0.05, 0) is 25.0 Å². The van der Waals surface area contributed by atoms with Crippen molar-refractivity contribution in [1.29, 1.82) is 5.26 Å². The first-order valence-corrected chi connectivity index (χ1v) is 6.48. The fourth-order valence-electron chi connectivity index (χ4n) is 2.56. The lowest BCUT2D eigenvalue weighted by Gasteiger charge is -2.21. The average molecular weight is 275 g/mol. The van der Waals surface area contributed by atoms with Gasteiger partial charge in [-0.25, -0.2) is 9.18 Å². The van der Waals surface area contributed by atoms with E-state index < -0.39 is 17.3 Å². The van der Waals surface area contributed by atoms with E-state index in [2.05, 4.69) is 6.07 Å². The Kier molecular flexibility index (Phi) is 2.87. The van der Waals surface area contributed by atoms with Crippen molar-refractivity contribution in [2.75, 3.05) is 18.1 Å². The van der Waals surface area contributed by atoms with Crippen molar-refractivity contribution < 1.29 is 13.9 Å². The molecule has 2 aliphatic rings. The van der Waals surface area contributed by atoms with Gasteiger partial charge in [0.25, 0.3) is 0 Å². The van der Waals surface area contributed by atoms with Crippen molar-refractivity contribution in [2.24, 2.45) is 5.73 Å². The lowest BCUT2D eigenvalue weighted by molar-refractivity contribution is 0.179. The van der Waals surface area contributed by atoms with Crippen LogP contribution in [0, 0.1) is 17.1 Å². The number of rotatable bonds is 3. The van der Waals surface area contributed by atoms with E-state index in [1.807, 2.05) is 0 Å². The smallest absolute Gasteiger partial charge is 0.414 e. The summed E-state index contributed by atoms with van der Waals surface area (Å²) in [4.78, 5) is 13.0. The zero-order valence-electron chi connectivity index (χ0n) is 10.8. The van der Waals surface area contributed by atoms with Crippen LogP contribution in [0.1, 0.15) is 18.4 Å². The van der Waals surface area contributed by atoms with Gasteiger partial charge in [0.15, 0.2) is 0 Å². The van der Waals surface area contributed by atoms with Gasteiger partial charge in [0.1, 0.15) is 12.4 Å². The molecule has 1 aliphatic heterocycles. The molecule has 1 aromatic rings. The Bertz CT molecular complexity index is 607. The minimum atomic E-state index is -0.679. The molecule has 5 nitrogen and oxygen atoms in total. The van der Waals surface area contributed by atoms with Crippen LogP contribution >= 0.6 is 0 Å². The van der Waals surface area contributed by atoms with E-state index >= 15 is 0 Å². The van der Waals surface area contributed by atoms with Gasteiger partial charge in [0.2, 0.25) is 0 Å². The fraction of sp³-hybridized carbons (Fsp3) is 0.429. The third-order valence-electron chi connectivity index (χ3n) is 3.94. The number of ether oxygens (including phenoxy) is 1. The summed E-state index contributed by atoms with van der Waals surface area (Å²) in [7, 11) is 0. The molecule has 1 saturated heterocycles. The molecule has 1 amide bonds. The first-order chi connectivity index (χ1) is 9.61. The maximum atomic E-state index is 14.2. The molecule has 1 unspecified atom stereocenters. The van der Waals surface area contributed by atoms with Crippen LogP contribution in [0.15, 0.2) is 18.2 Å². The van der Waals surface area contributed by atoms with E-state index in [-0.39, 0.29) is 19.2 Å². The third-order valence-corrected chi connectivity index (χ3v) is 3.94. The number of nitriles is 1. The molecule has 0 radical (unpaired) electrons. The second-order valence-electron chi connectivity index (χ2n) is 5.19. The largest absolute Gasteiger partial charge is 0.447 e. The van der Waals surface area contributed by atoms with Gasteiger partial charge in [-0.15, -0.1) is 0 Å². The molecule has 1 aliphatic carbocycles. The minimum absolute atomic E-state index is 0.209. The summed E-state index contributed by atoms with van der Waals surface area (Å²) in [5.74, 6) is -0.461. The first-order valence-electron chi connectivity index (χ1n) is 6.48. The Morgan fingerprint density at radius 1 is 1.55 bits per heavy atom. The number of hydrogen-bond acceptors (Lipinski definition) is 4. The molecule has 3 rings (SSSR count). The van der Waals surface area contributed by atoms with Crippen molar-refractivity contribution in [3.05, 3.63) is 29.6 Å². The molecule has 0 bridgehead atoms. The number of amides is 1. The van der Waals surface area contributed by atoms with Crippen LogP contribution in [0.5, 0.6) is 0 Å². The van der Waals surface area contributed by atoms with Crippen LogP contribution in [0.3, 0.4) is 0 Å². The van der Waals surface area contributed by atoms with Gasteiger partial charge in [-0.2, -0.15) is 5.26 Å². The third kappa shape index (κ3) is 1.82. The molecular formula is C14H14FN3O2. The summed E-state index contributed by atoms with van der Waals surface area (Å²) in [6.45, 7) is 0.456. The summed E-state index contributed by atoms with van der Waals surface area (Å²) in [6, 6.07) is 6.39. The topological polar surface area (TPSA) is 79.3 Å². The zero-order valence-corrected chi connectivity index (χ0v) is 10.8. The quantitative estimate of drug-likeness (QED) is 0.910. The van der Waals surface area contributed by atoms with Crippen LogP contribution in [0.4, 0.5) is 14.9 Å². The van der Waals surface area contributed by atoms with Crippen molar-refractivity contribution in [1.82, 2.24) is 0 Å². The molecule has 0 spiro atoms. The number of carbonyl (C=O) groups is 1. The molecule has 6 heteroatoms. The zero-order chi connectivity index (χ0) is 14.3. The summed E-state index contributed by atoms with van der Waals surface area (Å²) < 4.78 is 19.1. The van der Waals surface area contributed by atoms with Crippen molar-refractivity contribution in [2.45, 2.75) is 24.3 Å². The Morgan fingerprint density at radius 3 is 2.85 bits per heavy atom. The highest BCUT2D eigenvalue weighted by Crippen LogP contribution is 2.48. The van der Waals surface area contributed by atoms with E-state index in [1.54, 1.807) is 12.1 Å². The Labute approximate surface area is 115 Å². The summed E-state index contributed by atoms with van der Waals surface area (Å²) in [5.41, 5.74) is 5.72. The number of nitrogens with two attached hydrogens (primary N) is 1. The number of carbonyl (C=O) groups excluding carboxylic acids is 1. The number of anilines is 1. The van der Waals surface area contributed by atoms with E-state index in [1.165, 1.54) is 11.0 Å². The Morgan fingerprint density at radius 2 is 2.30 bits per heavy atom. The average Bonchev–Trinajstić information content (AvgIpc) is 3.15. The van der Waals surface area contributed by atoms with Crippen LogP contribution in [0.2, 0.25) is 0 Å². The van der Waals surface area contributed by atoms with E-state index in [0.717, 1.165) is 0 Å². The first kappa shape index (κ1) is 12.9. The van der Waals surface area contributed by atoms with Crippen LogP contribution < -0.4 is 10.6 Å². The van der Waals surface area contributed by atoms with Gasteiger partial charge in [-0.1, -0.05) is 6.07 Å². The van der Waals surface area contributed by atoms with Gasteiger partial charge < -0.3 is 10.5 Å². The van der Waals surface area contributed by atoms with Crippen molar-refractivity contribution >= 4 is 11.8 Å². The van der Waals surface area contributed by atoms with Gasteiger partial charge in [0.05, 0.1) is 23.2 Å². The number of cyclic esters (lactones) is 1. The molecule has 1 atom stereocenters. The summed E-state index contributed by atoms with van der Waals surface area (Å²) in [5, 5.41) is 9.12. The van der Waals surface area contributed by atoms with Gasteiger partial charge >= 0.3 is 6.09 Å². The highest BCUT2D eigenvalue weighted by atomic mass is 19.1. The second-order valence-corrected chi connectivity index (χ2v) is 5.19. The highest BCUT2D eigenvalue weighted by molar-refractivity contribution is 5.90. The predicted octanol–water partition coefficient (Wildman–Crippen LogP) is 1.66. The lowest BCUT2D eigenvalue weighted by atomic mass is 9.96. The molecule has 20 heavy (non-hydrogen) atoms. The van der Waals surface area contributed by atoms with Crippen molar-refractivity contribution in [3.63, 3.8) is 0 Å². The molecule has 2 N–H and O–H groups in total. The number of benzene rings is 1. The maximum absolute atomic E-state index is 14.2. The normalized spacial score (nSPS) is 23.4. The number of nitrogens with zero attached hydrogens (tertiary/aromatic N) is 2. The standard InChI is InChI=1S/C14H14FN3O2/c15-12-5-9(18-10(6-16)7-20-13(18)19)1-2-11(12)14(8-17)3-4-14/h1-2,5,10H,3-4,6-7,16H2. The number of hydrogen-bond donors (Lipinski definition) is 1. The van der Waals surface area contributed by atoms with E-state index in [0.29, 0.717) is 24.1 Å². The molecule has 2 fully saturated rings. The van der Waals surface area contributed by atoms with Crippen LogP contribution in [-0.2, 0) is 10.2 Å². The van der Waals surface area contributed by atoms with Gasteiger partial charge in [-0.3, -0.25) is 4.90 Å². The summed E-state index contributed by atoms with van der Waals surface area (Å²) >= 11 is 0. The fourth-order valence-corrected chi connectivity index (χ4v) is 2.56. The van der Waals surface area contributed by atoms with E-state index in [9.17, 15) is 9.18 Å². The summed E-state index contributed by atoms with van der Waals surface area (Å²) in [6.07, 6.45) is 0.836.